The highest BCUT2D eigenvalue weighted by Gasteiger charge is 2.25. The zero-order chi connectivity index (χ0) is 10.0. The molecule has 13 heavy (non-hydrogen) atoms. The number of piperazine rings is 1. The van der Waals surface area contributed by atoms with Gasteiger partial charge in [-0.15, -0.1) is 0 Å². The molecule has 0 aliphatic carbocycles. The van der Waals surface area contributed by atoms with Crippen LogP contribution in [0.15, 0.2) is 11.8 Å². The van der Waals surface area contributed by atoms with Gasteiger partial charge >= 0.3 is 0 Å². The number of carbonyl (C=O) groups excluding carboxylic acids is 2. The van der Waals surface area contributed by atoms with E-state index in [1.165, 1.54) is 0 Å². The van der Waals surface area contributed by atoms with E-state index in [9.17, 15) is 9.59 Å². The van der Waals surface area contributed by atoms with Crippen molar-refractivity contribution in [2.45, 2.75) is 26.8 Å². The topological polar surface area (TPSA) is 58.2 Å². The minimum Gasteiger partial charge on any atom is -0.339 e. The normalized spacial score (nSPS) is 26.2. The van der Waals surface area contributed by atoms with E-state index in [-0.39, 0.29) is 17.7 Å². The Hall–Kier alpha value is -1.32. The van der Waals surface area contributed by atoms with E-state index in [1.807, 2.05) is 13.8 Å². The lowest BCUT2D eigenvalue weighted by molar-refractivity contribution is -0.130. The molecule has 1 saturated heterocycles. The van der Waals surface area contributed by atoms with Crippen LogP contribution in [0.25, 0.3) is 0 Å². The van der Waals surface area contributed by atoms with Crippen molar-refractivity contribution in [1.82, 2.24) is 10.6 Å². The number of amides is 2. The van der Waals surface area contributed by atoms with Crippen LogP contribution in [-0.4, -0.2) is 17.9 Å². The summed E-state index contributed by atoms with van der Waals surface area (Å²) in [7, 11) is 0. The molecule has 0 radical (unpaired) electrons. The molecule has 0 bridgehead atoms. The fourth-order valence-corrected chi connectivity index (χ4v) is 1.09. The van der Waals surface area contributed by atoms with Gasteiger partial charge in [-0.3, -0.25) is 9.59 Å². The molecule has 2 amide bonds. The molecule has 1 atom stereocenters. The van der Waals surface area contributed by atoms with E-state index in [0.29, 0.717) is 5.70 Å². The standard InChI is InChI=1S/C9H14N2O2/c1-5(2)4-7-9(13)10-6(3)8(12)11-7/h4-6H,1-3H3,(H,10,13)(H,11,12)/b7-4+. The second kappa shape index (κ2) is 3.60. The summed E-state index contributed by atoms with van der Waals surface area (Å²) < 4.78 is 0. The van der Waals surface area contributed by atoms with E-state index in [2.05, 4.69) is 10.6 Å². The van der Waals surface area contributed by atoms with E-state index >= 15 is 0 Å². The predicted octanol–water partition coefficient (Wildman–Crippen LogP) is 0.161. The molecular weight excluding hydrogens is 168 g/mol. The second-order valence-corrected chi connectivity index (χ2v) is 3.51. The Labute approximate surface area is 77.4 Å². The van der Waals surface area contributed by atoms with Crippen LogP contribution in [-0.2, 0) is 9.59 Å². The molecule has 0 aromatic heterocycles. The van der Waals surface area contributed by atoms with Crippen molar-refractivity contribution in [3.63, 3.8) is 0 Å². The van der Waals surface area contributed by atoms with Gasteiger partial charge in [0.1, 0.15) is 11.7 Å². The monoisotopic (exact) mass is 182 g/mol. The number of rotatable bonds is 1. The molecule has 1 heterocycles. The fraction of sp³-hybridized carbons (Fsp3) is 0.556. The highest BCUT2D eigenvalue weighted by atomic mass is 16.2. The third kappa shape index (κ3) is 2.31. The molecule has 2 N–H and O–H groups in total. The third-order valence-corrected chi connectivity index (χ3v) is 1.74. The Morgan fingerprint density at radius 1 is 1.38 bits per heavy atom. The number of hydrogen-bond acceptors (Lipinski definition) is 2. The van der Waals surface area contributed by atoms with Crippen molar-refractivity contribution in [2.24, 2.45) is 5.92 Å². The molecule has 0 spiro atoms. The fourth-order valence-electron chi connectivity index (χ4n) is 1.09. The van der Waals surface area contributed by atoms with Crippen molar-refractivity contribution in [1.29, 1.82) is 0 Å². The zero-order valence-corrected chi connectivity index (χ0v) is 8.05. The summed E-state index contributed by atoms with van der Waals surface area (Å²) in [5.74, 6) is -0.123. The quantitative estimate of drug-likeness (QED) is 0.567. The molecule has 1 rings (SSSR count). The molecule has 0 aromatic carbocycles. The lowest BCUT2D eigenvalue weighted by Crippen LogP contribution is -2.53. The first-order valence-electron chi connectivity index (χ1n) is 4.34. The number of nitrogens with one attached hydrogen (secondary N) is 2. The first-order chi connectivity index (χ1) is 6.00. The van der Waals surface area contributed by atoms with E-state index in [1.54, 1.807) is 13.0 Å². The Morgan fingerprint density at radius 2 is 2.00 bits per heavy atom. The summed E-state index contributed by atoms with van der Waals surface area (Å²) in [4.78, 5) is 22.5. The molecule has 1 fully saturated rings. The third-order valence-electron chi connectivity index (χ3n) is 1.74. The van der Waals surface area contributed by atoms with Crippen LogP contribution in [0, 0.1) is 5.92 Å². The van der Waals surface area contributed by atoms with Crippen LogP contribution >= 0.6 is 0 Å². The largest absolute Gasteiger partial charge is 0.339 e. The summed E-state index contributed by atoms with van der Waals surface area (Å²) >= 11 is 0. The van der Waals surface area contributed by atoms with Crippen LogP contribution in [0.2, 0.25) is 0 Å². The van der Waals surface area contributed by atoms with Crippen LogP contribution < -0.4 is 10.6 Å². The summed E-state index contributed by atoms with van der Waals surface area (Å²) in [6, 6.07) is -0.434. The first-order valence-corrected chi connectivity index (χ1v) is 4.34. The first kappa shape index (κ1) is 9.77. The highest BCUT2D eigenvalue weighted by Crippen LogP contribution is 2.04. The average Bonchev–Trinajstić information content (AvgIpc) is 1.99. The average molecular weight is 182 g/mol. The molecule has 4 heteroatoms. The maximum absolute atomic E-state index is 11.3. The highest BCUT2D eigenvalue weighted by molar-refractivity contribution is 6.04. The Balaban J connectivity index is 2.78. The summed E-state index contributed by atoms with van der Waals surface area (Å²) in [6.07, 6.45) is 1.74. The van der Waals surface area contributed by atoms with Gasteiger partial charge in [-0.05, 0) is 12.8 Å². The van der Waals surface area contributed by atoms with Gasteiger partial charge in [0.25, 0.3) is 5.91 Å². The van der Waals surface area contributed by atoms with Crippen LogP contribution in [0.3, 0.4) is 0 Å². The van der Waals surface area contributed by atoms with Gasteiger partial charge in [-0.25, -0.2) is 0 Å². The number of carbonyl (C=O) groups is 2. The van der Waals surface area contributed by atoms with Crippen molar-refractivity contribution < 1.29 is 9.59 Å². The van der Waals surface area contributed by atoms with Crippen molar-refractivity contribution in [3.8, 4) is 0 Å². The smallest absolute Gasteiger partial charge is 0.268 e. The Bertz CT molecular complexity index is 269. The van der Waals surface area contributed by atoms with Gasteiger partial charge < -0.3 is 10.6 Å². The summed E-state index contributed by atoms with van der Waals surface area (Å²) in [5, 5.41) is 5.12. The van der Waals surface area contributed by atoms with Gasteiger partial charge in [0.2, 0.25) is 5.91 Å². The van der Waals surface area contributed by atoms with Crippen LogP contribution in [0.4, 0.5) is 0 Å². The summed E-state index contributed by atoms with van der Waals surface area (Å²) in [6.45, 7) is 5.55. The minimum absolute atomic E-state index is 0.161. The summed E-state index contributed by atoms with van der Waals surface area (Å²) in [5.41, 5.74) is 0.359. The Morgan fingerprint density at radius 3 is 2.54 bits per heavy atom. The van der Waals surface area contributed by atoms with E-state index in [0.717, 1.165) is 0 Å². The van der Waals surface area contributed by atoms with Gasteiger partial charge in [0, 0.05) is 0 Å². The van der Waals surface area contributed by atoms with Crippen molar-refractivity contribution in [3.05, 3.63) is 11.8 Å². The molecule has 1 aliphatic heterocycles. The van der Waals surface area contributed by atoms with Crippen molar-refractivity contribution >= 4 is 11.8 Å². The molecule has 0 saturated carbocycles. The van der Waals surface area contributed by atoms with Crippen molar-refractivity contribution in [2.75, 3.05) is 0 Å². The van der Waals surface area contributed by atoms with E-state index < -0.39 is 6.04 Å². The lowest BCUT2D eigenvalue weighted by Gasteiger charge is -2.22. The maximum atomic E-state index is 11.3. The molecular formula is C9H14N2O2. The van der Waals surface area contributed by atoms with Gasteiger partial charge in [-0.1, -0.05) is 19.9 Å². The van der Waals surface area contributed by atoms with Crippen LogP contribution in [0.1, 0.15) is 20.8 Å². The van der Waals surface area contributed by atoms with Gasteiger partial charge in [0.05, 0.1) is 0 Å². The predicted molar refractivity (Wildman–Crippen MR) is 48.7 cm³/mol. The molecule has 4 nitrogen and oxygen atoms in total. The molecule has 1 aliphatic rings. The van der Waals surface area contributed by atoms with Gasteiger partial charge in [-0.2, -0.15) is 0 Å². The van der Waals surface area contributed by atoms with Crippen LogP contribution in [0.5, 0.6) is 0 Å². The SMILES string of the molecule is CC(C)/C=C1/NC(=O)C(C)NC1=O. The molecule has 1 unspecified atom stereocenters. The Kier molecular flexibility index (Phi) is 2.70. The molecule has 0 aromatic rings. The van der Waals surface area contributed by atoms with Gasteiger partial charge in [0.15, 0.2) is 0 Å². The van der Waals surface area contributed by atoms with E-state index in [4.69, 9.17) is 0 Å². The minimum atomic E-state index is -0.434. The number of allylic oxidation sites excluding steroid dienone is 1. The maximum Gasteiger partial charge on any atom is 0.268 e. The lowest BCUT2D eigenvalue weighted by atomic mass is 10.1. The molecule has 72 valence electrons. The zero-order valence-electron chi connectivity index (χ0n) is 8.05. The number of hydrogen-bond donors (Lipinski definition) is 2. The second-order valence-electron chi connectivity index (χ2n) is 3.51.